The summed E-state index contributed by atoms with van der Waals surface area (Å²) in [6.45, 7) is 13.5. The van der Waals surface area contributed by atoms with Crippen molar-refractivity contribution in [3.63, 3.8) is 0 Å². The van der Waals surface area contributed by atoms with Gasteiger partial charge in [0.1, 0.15) is 5.01 Å². The number of thiazole rings is 1. The molecular formula is C15H26N2S2. The van der Waals surface area contributed by atoms with Crippen molar-refractivity contribution in [1.29, 1.82) is 0 Å². The summed E-state index contributed by atoms with van der Waals surface area (Å²) in [6, 6.07) is 0.485. The molecule has 0 spiro atoms. The van der Waals surface area contributed by atoms with Gasteiger partial charge >= 0.3 is 0 Å². The van der Waals surface area contributed by atoms with Gasteiger partial charge in [-0.1, -0.05) is 13.8 Å². The van der Waals surface area contributed by atoms with E-state index in [0.717, 1.165) is 5.75 Å². The van der Waals surface area contributed by atoms with Gasteiger partial charge in [-0.2, -0.15) is 11.8 Å². The molecule has 0 bridgehead atoms. The van der Waals surface area contributed by atoms with Gasteiger partial charge < -0.3 is 5.32 Å². The largest absolute Gasteiger partial charge is 0.302 e. The third-order valence-corrected chi connectivity index (χ3v) is 6.58. The van der Waals surface area contributed by atoms with E-state index in [2.05, 4.69) is 58.6 Å². The van der Waals surface area contributed by atoms with E-state index >= 15 is 0 Å². The van der Waals surface area contributed by atoms with E-state index < -0.39 is 0 Å². The molecule has 1 unspecified atom stereocenters. The molecule has 1 fully saturated rings. The van der Waals surface area contributed by atoms with Gasteiger partial charge in [-0.3, -0.25) is 0 Å². The lowest BCUT2D eigenvalue weighted by atomic mass is 9.79. The average Bonchev–Trinajstić information content (AvgIpc) is 2.57. The molecule has 2 nitrogen and oxygen atoms in total. The number of rotatable bonds is 3. The zero-order chi connectivity index (χ0) is 14.3. The summed E-state index contributed by atoms with van der Waals surface area (Å²) in [5.41, 5.74) is 1.63. The first-order valence-electron chi connectivity index (χ1n) is 7.04. The Morgan fingerprint density at radius 3 is 2.37 bits per heavy atom. The lowest BCUT2D eigenvalue weighted by Gasteiger charge is -2.45. The van der Waals surface area contributed by atoms with Crippen LogP contribution in [0.5, 0.6) is 0 Å². The SMILES string of the molecule is Cc1nc(C2(NC(C)C)CSCC(C)(C)C2)sc1C. The smallest absolute Gasteiger partial charge is 0.114 e. The van der Waals surface area contributed by atoms with Crippen LogP contribution in [-0.2, 0) is 5.54 Å². The highest BCUT2D eigenvalue weighted by Gasteiger charge is 2.44. The summed E-state index contributed by atoms with van der Waals surface area (Å²) < 4.78 is 0. The van der Waals surface area contributed by atoms with Gasteiger partial charge in [0.05, 0.1) is 11.2 Å². The van der Waals surface area contributed by atoms with Crippen LogP contribution in [0.1, 0.15) is 49.7 Å². The molecule has 1 N–H and O–H groups in total. The molecule has 0 aromatic carbocycles. The van der Waals surface area contributed by atoms with Gasteiger partial charge in [-0.15, -0.1) is 11.3 Å². The number of aryl methyl sites for hydroxylation is 2. The topological polar surface area (TPSA) is 24.9 Å². The molecule has 2 heterocycles. The second kappa shape index (κ2) is 5.38. The number of aromatic nitrogens is 1. The van der Waals surface area contributed by atoms with E-state index in [1.54, 1.807) is 0 Å². The first-order valence-corrected chi connectivity index (χ1v) is 9.01. The van der Waals surface area contributed by atoms with Crippen LogP contribution >= 0.6 is 23.1 Å². The van der Waals surface area contributed by atoms with Gasteiger partial charge in [0.25, 0.3) is 0 Å². The predicted octanol–water partition coefficient (Wildman–Crippen LogP) is 4.12. The van der Waals surface area contributed by atoms with E-state index in [9.17, 15) is 0 Å². The summed E-state index contributed by atoms with van der Waals surface area (Å²) in [5.74, 6) is 2.39. The molecule has 0 amide bonds. The van der Waals surface area contributed by atoms with Gasteiger partial charge in [-0.25, -0.2) is 4.98 Å². The first-order chi connectivity index (χ1) is 8.74. The Balaban J connectivity index is 2.39. The Morgan fingerprint density at radius 1 is 1.21 bits per heavy atom. The van der Waals surface area contributed by atoms with Crippen molar-refractivity contribution in [2.75, 3.05) is 11.5 Å². The number of thioether (sulfide) groups is 1. The number of nitrogens with zero attached hydrogens (tertiary/aromatic N) is 1. The molecule has 2 rings (SSSR count). The fourth-order valence-electron chi connectivity index (χ4n) is 2.94. The van der Waals surface area contributed by atoms with Crippen molar-refractivity contribution in [2.24, 2.45) is 5.41 Å². The zero-order valence-corrected chi connectivity index (χ0v) is 14.6. The lowest BCUT2D eigenvalue weighted by Crippen LogP contribution is -2.53. The lowest BCUT2D eigenvalue weighted by molar-refractivity contribution is 0.211. The van der Waals surface area contributed by atoms with E-state index in [-0.39, 0.29) is 5.54 Å². The van der Waals surface area contributed by atoms with Gasteiger partial charge in [0, 0.05) is 16.7 Å². The van der Waals surface area contributed by atoms with Crippen LogP contribution in [-0.4, -0.2) is 22.5 Å². The fourth-order valence-corrected chi connectivity index (χ4v) is 5.53. The second-order valence-corrected chi connectivity index (χ2v) is 9.06. The minimum atomic E-state index is 0.0598. The van der Waals surface area contributed by atoms with Gasteiger partial charge in [-0.05, 0) is 45.3 Å². The van der Waals surface area contributed by atoms with Crippen molar-refractivity contribution in [3.05, 3.63) is 15.6 Å². The van der Waals surface area contributed by atoms with Crippen LogP contribution in [0.25, 0.3) is 0 Å². The van der Waals surface area contributed by atoms with E-state index in [0.29, 0.717) is 11.5 Å². The molecule has 1 atom stereocenters. The van der Waals surface area contributed by atoms with E-state index in [1.807, 2.05) is 11.3 Å². The molecule has 0 aliphatic carbocycles. The highest BCUT2D eigenvalue weighted by atomic mass is 32.2. The Hall–Kier alpha value is -0.0600. The summed E-state index contributed by atoms with van der Waals surface area (Å²) >= 11 is 3.94. The normalized spacial score (nSPS) is 26.9. The van der Waals surface area contributed by atoms with Crippen molar-refractivity contribution in [2.45, 2.75) is 59.5 Å². The molecule has 0 radical (unpaired) electrons. The van der Waals surface area contributed by atoms with Crippen LogP contribution in [0.2, 0.25) is 0 Å². The minimum absolute atomic E-state index is 0.0598. The summed E-state index contributed by atoms with van der Waals surface area (Å²) in [4.78, 5) is 6.22. The number of hydrogen-bond acceptors (Lipinski definition) is 4. The quantitative estimate of drug-likeness (QED) is 0.909. The highest BCUT2D eigenvalue weighted by Crippen LogP contribution is 2.46. The van der Waals surface area contributed by atoms with Crippen LogP contribution < -0.4 is 5.32 Å². The molecule has 108 valence electrons. The molecule has 1 aromatic rings. The summed E-state index contributed by atoms with van der Waals surface area (Å²) in [6.07, 6.45) is 1.18. The molecule has 0 saturated carbocycles. The first kappa shape index (κ1) is 15.3. The van der Waals surface area contributed by atoms with Crippen LogP contribution in [0.3, 0.4) is 0 Å². The fraction of sp³-hybridized carbons (Fsp3) is 0.800. The van der Waals surface area contributed by atoms with E-state index in [4.69, 9.17) is 4.98 Å². The minimum Gasteiger partial charge on any atom is -0.302 e. The average molecular weight is 299 g/mol. The Labute approximate surface area is 125 Å². The number of hydrogen-bond donors (Lipinski definition) is 1. The molecule has 1 aliphatic rings. The predicted molar refractivity (Wildman–Crippen MR) is 87.3 cm³/mol. The van der Waals surface area contributed by atoms with Crippen LogP contribution in [0.15, 0.2) is 0 Å². The van der Waals surface area contributed by atoms with Crippen molar-refractivity contribution in [1.82, 2.24) is 10.3 Å². The third-order valence-electron chi connectivity index (χ3n) is 3.62. The summed E-state index contributed by atoms with van der Waals surface area (Å²) in [5, 5.41) is 5.12. The maximum absolute atomic E-state index is 4.87. The highest BCUT2D eigenvalue weighted by molar-refractivity contribution is 7.99. The third kappa shape index (κ3) is 3.34. The molecule has 4 heteroatoms. The van der Waals surface area contributed by atoms with Gasteiger partial charge in [0.2, 0.25) is 0 Å². The second-order valence-electron chi connectivity index (χ2n) is 6.88. The maximum atomic E-state index is 4.87. The standard InChI is InChI=1S/C15H26N2S2/c1-10(2)17-15(7-14(5,6)8-18-9-15)13-16-11(3)12(4)19-13/h10,17H,7-9H2,1-6H3. The van der Waals surface area contributed by atoms with Crippen molar-refractivity contribution < 1.29 is 0 Å². The summed E-state index contributed by atoms with van der Waals surface area (Å²) in [7, 11) is 0. The Morgan fingerprint density at radius 2 is 1.89 bits per heavy atom. The number of nitrogens with one attached hydrogen (secondary N) is 1. The molecule has 1 saturated heterocycles. The van der Waals surface area contributed by atoms with E-state index in [1.165, 1.54) is 27.8 Å². The van der Waals surface area contributed by atoms with Crippen LogP contribution in [0.4, 0.5) is 0 Å². The molecule has 1 aromatic heterocycles. The Kier molecular flexibility index (Phi) is 4.34. The Bertz CT molecular complexity index is 431. The monoisotopic (exact) mass is 298 g/mol. The van der Waals surface area contributed by atoms with Crippen LogP contribution in [0, 0.1) is 19.3 Å². The van der Waals surface area contributed by atoms with Gasteiger partial charge in [0.15, 0.2) is 0 Å². The zero-order valence-electron chi connectivity index (χ0n) is 13.0. The maximum Gasteiger partial charge on any atom is 0.114 e. The van der Waals surface area contributed by atoms with Crippen molar-refractivity contribution >= 4 is 23.1 Å². The van der Waals surface area contributed by atoms with Crippen molar-refractivity contribution in [3.8, 4) is 0 Å². The molecule has 1 aliphatic heterocycles. The molecule has 19 heavy (non-hydrogen) atoms. The molecular weight excluding hydrogens is 272 g/mol.